The van der Waals surface area contributed by atoms with E-state index < -0.39 is 22.8 Å². The molecule has 0 bridgehead atoms. The van der Waals surface area contributed by atoms with Gasteiger partial charge < -0.3 is 20.7 Å². The molecule has 0 radical (unpaired) electrons. The molecular weight excluding hydrogens is 527 g/mol. The summed E-state index contributed by atoms with van der Waals surface area (Å²) in [6.45, 7) is 4.15. The zero-order valence-electron chi connectivity index (χ0n) is 19.9. The summed E-state index contributed by atoms with van der Waals surface area (Å²) < 4.78 is 44.4. The van der Waals surface area contributed by atoms with Crippen LogP contribution in [0.3, 0.4) is 0 Å². The highest BCUT2D eigenvalue weighted by Gasteiger charge is 2.33. The van der Waals surface area contributed by atoms with Crippen molar-refractivity contribution in [2.24, 2.45) is 0 Å². The first-order chi connectivity index (χ1) is 18.1. The minimum absolute atomic E-state index is 0.0808. The highest BCUT2D eigenvalue weighted by molar-refractivity contribution is 6.31. The fraction of sp³-hybridized carbons (Fsp3) is 0.174. The van der Waals surface area contributed by atoms with E-state index in [4.69, 9.17) is 16.3 Å². The van der Waals surface area contributed by atoms with Gasteiger partial charge in [0.25, 0.3) is 0 Å². The second-order valence-corrected chi connectivity index (χ2v) is 8.13. The number of aromatic amines is 1. The Kier molecular flexibility index (Phi) is 7.81. The van der Waals surface area contributed by atoms with Gasteiger partial charge in [0.05, 0.1) is 29.1 Å². The molecule has 5 N–H and O–H groups in total. The number of pyridine rings is 1. The summed E-state index contributed by atoms with van der Waals surface area (Å²) in [6, 6.07) is 8.84. The van der Waals surface area contributed by atoms with Crippen molar-refractivity contribution in [3.63, 3.8) is 0 Å². The molecule has 2 amide bonds. The Morgan fingerprint density at radius 1 is 1.03 bits per heavy atom. The lowest BCUT2D eigenvalue weighted by Gasteiger charge is -2.12. The molecule has 38 heavy (non-hydrogen) atoms. The van der Waals surface area contributed by atoms with Crippen LogP contribution in [0, 0.1) is 6.92 Å². The van der Waals surface area contributed by atoms with Crippen molar-refractivity contribution in [1.29, 1.82) is 0 Å². The molecule has 0 unspecified atom stereocenters. The zero-order chi connectivity index (χ0) is 27.3. The third kappa shape index (κ3) is 7.00. The van der Waals surface area contributed by atoms with Gasteiger partial charge >= 0.3 is 12.2 Å². The van der Waals surface area contributed by atoms with Crippen LogP contribution in [0.25, 0.3) is 0 Å². The molecular formula is C23H21ClF3N9O2. The number of hydrogen-bond donors (Lipinski definition) is 5. The molecule has 0 spiro atoms. The number of benzene rings is 1. The van der Waals surface area contributed by atoms with Crippen LogP contribution in [0.5, 0.6) is 5.88 Å². The topological polar surface area (TPSA) is 142 Å². The molecule has 0 fully saturated rings. The summed E-state index contributed by atoms with van der Waals surface area (Å²) >= 11 is 5.60. The van der Waals surface area contributed by atoms with Gasteiger partial charge in [0.1, 0.15) is 17.5 Å². The summed E-state index contributed by atoms with van der Waals surface area (Å²) in [7, 11) is 0. The molecule has 11 nitrogen and oxygen atoms in total. The molecule has 4 aromatic rings. The van der Waals surface area contributed by atoms with Crippen LogP contribution in [-0.2, 0) is 6.18 Å². The van der Waals surface area contributed by atoms with E-state index in [9.17, 15) is 18.0 Å². The molecule has 1 aromatic carbocycles. The van der Waals surface area contributed by atoms with Gasteiger partial charge in [-0.1, -0.05) is 11.6 Å². The number of rotatable bonds is 8. The SMILES string of the molecule is CCOc1cc(Nc2cc(C)nc(Nc3ccc(NC(=O)Nc4ccc(Cl)c(C(F)(F)F)c4)nc3)n2)[nH]n1. The zero-order valence-corrected chi connectivity index (χ0v) is 20.7. The monoisotopic (exact) mass is 547 g/mol. The van der Waals surface area contributed by atoms with E-state index in [0.717, 1.165) is 12.1 Å². The molecule has 3 aromatic heterocycles. The number of nitrogens with zero attached hydrogens (tertiary/aromatic N) is 4. The van der Waals surface area contributed by atoms with Crippen LogP contribution in [-0.4, -0.2) is 37.8 Å². The summed E-state index contributed by atoms with van der Waals surface area (Å²) in [4.78, 5) is 25.1. The number of nitrogens with one attached hydrogen (secondary N) is 5. The lowest BCUT2D eigenvalue weighted by Crippen LogP contribution is -2.20. The number of amides is 2. The van der Waals surface area contributed by atoms with Gasteiger partial charge in [0, 0.05) is 23.5 Å². The number of alkyl halides is 3. The summed E-state index contributed by atoms with van der Waals surface area (Å²) in [5, 5.41) is 17.2. The van der Waals surface area contributed by atoms with Crippen LogP contribution < -0.4 is 26.0 Å². The molecule has 0 saturated heterocycles. The van der Waals surface area contributed by atoms with E-state index >= 15 is 0 Å². The average Bonchev–Trinajstić information content (AvgIpc) is 3.27. The largest absolute Gasteiger partial charge is 0.477 e. The molecule has 15 heteroatoms. The van der Waals surface area contributed by atoms with Crippen LogP contribution in [0.15, 0.2) is 48.7 Å². The van der Waals surface area contributed by atoms with Crippen molar-refractivity contribution in [2.75, 3.05) is 27.9 Å². The van der Waals surface area contributed by atoms with Crippen LogP contribution in [0.1, 0.15) is 18.2 Å². The Balaban J connectivity index is 1.37. The lowest BCUT2D eigenvalue weighted by atomic mass is 10.2. The van der Waals surface area contributed by atoms with Crippen molar-refractivity contribution in [3.8, 4) is 5.88 Å². The van der Waals surface area contributed by atoms with E-state index in [1.54, 1.807) is 25.1 Å². The number of halogens is 4. The highest BCUT2D eigenvalue weighted by Crippen LogP contribution is 2.36. The van der Waals surface area contributed by atoms with Crippen molar-refractivity contribution in [2.45, 2.75) is 20.0 Å². The smallest absolute Gasteiger partial charge is 0.417 e. The van der Waals surface area contributed by atoms with Gasteiger partial charge in [0.15, 0.2) is 0 Å². The highest BCUT2D eigenvalue weighted by atomic mass is 35.5. The Morgan fingerprint density at radius 2 is 1.82 bits per heavy atom. The molecule has 0 aliphatic heterocycles. The van der Waals surface area contributed by atoms with E-state index in [2.05, 4.69) is 46.4 Å². The van der Waals surface area contributed by atoms with Gasteiger partial charge in [-0.2, -0.15) is 18.2 Å². The molecule has 3 heterocycles. The molecule has 0 atom stereocenters. The van der Waals surface area contributed by atoms with Gasteiger partial charge in [-0.05, 0) is 44.2 Å². The third-order valence-electron chi connectivity index (χ3n) is 4.75. The lowest BCUT2D eigenvalue weighted by molar-refractivity contribution is -0.137. The first kappa shape index (κ1) is 26.5. The maximum absolute atomic E-state index is 13.0. The van der Waals surface area contributed by atoms with Crippen molar-refractivity contribution < 1.29 is 22.7 Å². The molecule has 198 valence electrons. The molecule has 0 aliphatic rings. The minimum atomic E-state index is -4.65. The summed E-state index contributed by atoms with van der Waals surface area (Å²) in [5.41, 5.74) is 0.0818. The van der Waals surface area contributed by atoms with Crippen LogP contribution in [0.4, 0.5) is 52.7 Å². The number of ether oxygens (including phenoxy) is 1. The predicted octanol–water partition coefficient (Wildman–Crippen LogP) is 6.11. The summed E-state index contributed by atoms with van der Waals surface area (Å²) in [6.07, 6.45) is -3.22. The minimum Gasteiger partial charge on any atom is -0.477 e. The Hall–Kier alpha value is -4.59. The van der Waals surface area contributed by atoms with E-state index in [1.807, 2.05) is 6.92 Å². The van der Waals surface area contributed by atoms with Crippen molar-refractivity contribution in [1.82, 2.24) is 25.1 Å². The first-order valence-corrected chi connectivity index (χ1v) is 11.5. The molecule has 0 saturated carbocycles. The van der Waals surface area contributed by atoms with Gasteiger partial charge in [-0.3, -0.25) is 10.4 Å². The number of hydrogen-bond acceptors (Lipinski definition) is 8. The number of carbonyl (C=O) groups is 1. The van der Waals surface area contributed by atoms with Crippen LogP contribution in [0.2, 0.25) is 5.02 Å². The van der Waals surface area contributed by atoms with E-state index in [0.29, 0.717) is 41.5 Å². The second kappa shape index (κ2) is 11.2. The van der Waals surface area contributed by atoms with Crippen molar-refractivity contribution in [3.05, 3.63) is 64.9 Å². The third-order valence-corrected chi connectivity index (χ3v) is 5.08. The normalized spacial score (nSPS) is 11.1. The Bertz CT molecular complexity index is 1430. The fourth-order valence-corrected chi connectivity index (χ4v) is 3.41. The maximum Gasteiger partial charge on any atom is 0.417 e. The standard InChI is InChI=1S/C23H21ClF3N9O2/c1-3-38-20-10-19(35-36-20)32-18-8-12(2)29-21(33-18)30-14-5-7-17(28-11-14)34-22(37)31-13-4-6-16(24)15(9-13)23(25,26)27/h4-11H,3H2,1-2H3,(H2,28,31,34,37)(H3,29,30,32,33,35,36). The first-order valence-electron chi connectivity index (χ1n) is 11.1. The van der Waals surface area contributed by atoms with Crippen molar-refractivity contribution >= 4 is 52.4 Å². The van der Waals surface area contributed by atoms with E-state index in [1.165, 1.54) is 18.3 Å². The van der Waals surface area contributed by atoms with Gasteiger partial charge in [-0.25, -0.2) is 14.8 Å². The molecule has 0 aliphatic carbocycles. The number of aryl methyl sites for hydroxylation is 1. The van der Waals surface area contributed by atoms with Crippen LogP contribution >= 0.6 is 11.6 Å². The Morgan fingerprint density at radius 3 is 2.53 bits per heavy atom. The number of aromatic nitrogens is 5. The Labute approximate surface area is 219 Å². The summed E-state index contributed by atoms with van der Waals surface area (Å²) in [5.74, 6) is 1.99. The number of carbonyl (C=O) groups excluding carboxylic acids is 1. The fourth-order valence-electron chi connectivity index (χ4n) is 3.19. The number of anilines is 6. The second-order valence-electron chi connectivity index (χ2n) is 7.72. The number of urea groups is 1. The number of H-pyrrole nitrogens is 1. The van der Waals surface area contributed by atoms with E-state index in [-0.39, 0.29) is 11.5 Å². The van der Waals surface area contributed by atoms with Gasteiger partial charge in [0.2, 0.25) is 11.8 Å². The predicted molar refractivity (Wildman–Crippen MR) is 136 cm³/mol. The quantitative estimate of drug-likeness (QED) is 0.178. The van der Waals surface area contributed by atoms with Gasteiger partial charge in [-0.15, -0.1) is 5.10 Å². The average molecular weight is 548 g/mol. The maximum atomic E-state index is 13.0. The molecule has 4 rings (SSSR count).